The molecule has 0 aliphatic carbocycles. The second kappa shape index (κ2) is 7.60. The molecule has 0 aromatic heterocycles. The highest BCUT2D eigenvalue weighted by Gasteiger charge is 2.33. The molecule has 1 fully saturated rings. The van der Waals surface area contributed by atoms with Crippen LogP contribution in [0, 0.1) is 5.92 Å². The molecule has 1 rings (SSSR count). The highest BCUT2D eigenvalue weighted by molar-refractivity contribution is 5.79. The number of carbonyl (C=O) groups is 1. The Morgan fingerprint density at radius 3 is 2.94 bits per heavy atom. The molecule has 5 nitrogen and oxygen atoms in total. The van der Waals surface area contributed by atoms with Crippen LogP contribution in [0.4, 0.5) is 0 Å². The Bertz CT molecular complexity index is 211. The molecule has 0 bridgehead atoms. The number of rotatable bonds is 7. The number of methoxy groups -OCH3 is 1. The fraction of sp³-hybridized carbons (Fsp3) is 0.909. The van der Waals surface area contributed by atoms with Gasteiger partial charge >= 0.3 is 0 Å². The number of carbonyl (C=O) groups excluding carboxylic acids is 1. The van der Waals surface area contributed by atoms with Crippen LogP contribution in [0.2, 0.25) is 0 Å². The maximum Gasteiger partial charge on any atom is 0.227 e. The summed E-state index contributed by atoms with van der Waals surface area (Å²) in [4.78, 5) is 11.8. The number of ether oxygens (including phenoxy) is 2. The van der Waals surface area contributed by atoms with Crippen LogP contribution in [0.3, 0.4) is 0 Å². The average molecular weight is 230 g/mol. The first-order valence-corrected chi connectivity index (χ1v) is 5.87. The third-order valence-corrected chi connectivity index (χ3v) is 2.68. The zero-order chi connectivity index (χ0) is 11.8. The second-order valence-corrected chi connectivity index (χ2v) is 3.99. The van der Waals surface area contributed by atoms with Gasteiger partial charge in [-0.2, -0.15) is 0 Å². The van der Waals surface area contributed by atoms with Gasteiger partial charge in [-0.1, -0.05) is 6.92 Å². The van der Waals surface area contributed by atoms with E-state index in [1.54, 1.807) is 7.11 Å². The predicted octanol–water partition coefficient (Wildman–Crippen LogP) is -0.236. The van der Waals surface area contributed by atoms with Crippen molar-refractivity contribution in [1.29, 1.82) is 0 Å². The Labute approximate surface area is 96.9 Å². The van der Waals surface area contributed by atoms with Gasteiger partial charge in [0.15, 0.2) is 0 Å². The van der Waals surface area contributed by atoms with E-state index in [1.165, 1.54) is 0 Å². The lowest BCUT2D eigenvalue weighted by Crippen LogP contribution is -2.44. The van der Waals surface area contributed by atoms with Crippen molar-refractivity contribution in [2.75, 3.05) is 40.0 Å². The SMILES string of the molecule is CCCNC1COCC1C(=O)NCCOC. The van der Waals surface area contributed by atoms with Crippen molar-refractivity contribution in [3.63, 3.8) is 0 Å². The van der Waals surface area contributed by atoms with Gasteiger partial charge in [0, 0.05) is 19.7 Å². The fourth-order valence-corrected chi connectivity index (χ4v) is 1.75. The summed E-state index contributed by atoms with van der Waals surface area (Å²) in [6.45, 7) is 5.29. The van der Waals surface area contributed by atoms with Gasteiger partial charge < -0.3 is 20.1 Å². The maximum absolute atomic E-state index is 11.8. The average Bonchev–Trinajstić information content (AvgIpc) is 2.74. The van der Waals surface area contributed by atoms with Crippen LogP contribution in [0.25, 0.3) is 0 Å². The lowest BCUT2D eigenvalue weighted by molar-refractivity contribution is -0.125. The maximum atomic E-state index is 11.8. The minimum absolute atomic E-state index is 0.0585. The van der Waals surface area contributed by atoms with Gasteiger partial charge in [0.05, 0.1) is 25.7 Å². The Morgan fingerprint density at radius 1 is 1.44 bits per heavy atom. The first-order chi connectivity index (χ1) is 7.79. The summed E-state index contributed by atoms with van der Waals surface area (Å²) in [5, 5.41) is 6.18. The van der Waals surface area contributed by atoms with Crippen LogP contribution in [0.1, 0.15) is 13.3 Å². The van der Waals surface area contributed by atoms with E-state index in [9.17, 15) is 4.79 Å². The molecule has 1 aliphatic heterocycles. The summed E-state index contributed by atoms with van der Waals surface area (Å²) >= 11 is 0. The van der Waals surface area contributed by atoms with Crippen LogP contribution < -0.4 is 10.6 Å². The lowest BCUT2D eigenvalue weighted by Gasteiger charge is -2.18. The third kappa shape index (κ3) is 4.08. The molecule has 1 saturated heterocycles. The minimum Gasteiger partial charge on any atom is -0.383 e. The van der Waals surface area contributed by atoms with Crippen LogP contribution in [-0.4, -0.2) is 52.0 Å². The fourth-order valence-electron chi connectivity index (χ4n) is 1.75. The highest BCUT2D eigenvalue weighted by atomic mass is 16.5. The lowest BCUT2D eigenvalue weighted by atomic mass is 10.0. The minimum atomic E-state index is -0.0663. The number of hydrogen-bond acceptors (Lipinski definition) is 4. The molecule has 94 valence electrons. The van der Waals surface area contributed by atoms with Crippen molar-refractivity contribution in [2.24, 2.45) is 5.92 Å². The number of nitrogens with one attached hydrogen (secondary N) is 2. The van der Waals surface area contributed by atoms with E-state index in [1.807, 2.05) is 0 Å². The van der Waals surface area contributed by atoms with Crippen molar-refractivity contribution in [2.45, 2.75) is 19.4 Å². The molecule has 0 radical (unpaired) electrons. The summed E-state index contributed by atoms with van der Waals surface area (Å²) in [5.41, 5.74) is 0. The summed E-state index contributed by atoms with van der Waals surface area (Å²) < 4.78 is 10.2. The first-order valence-electron chi connectivity index (χ1n) is 5.87. The highest BCUT2D eigenvalue weighted by Crippen LogP contribution is 2.13. The predicted molar refractivity (Wildman–Crippen MR) is 61.3 cm³/mol. The molecule has 1 heterocycles. The van der Waals surface area contributed by atoms with Gasteiger partial charge in [-0.15, -0.1) is 0 Å². The molecule has 2 N–H and O–H groups in total. The molecule has 0 aromatic carbocycles. The van der Waals surface area contributed by atoms with Crippen molar-refractivity contribution in [1.82, 2.24) is 10.6 Å². The van der Waals surface area contributed by atoms with Gasteiger partial charge in [0.25, 0.3) is 0 Å². The van der Waals surface area contributed by atoms with E-state index < -0.39 is 0 Å². The molecule has 5 heteroatoms. The molecule has 2 atom stereocenters. The smallest absolute Gasteiger partial charge is 0.227 e. The number of amides is 1. The summed E-state index contributed by atoms with van der Waals surface area (Å²) in [5.74, 6) is -0.00782. The Morgan fingerprint density at radius 2 is 2.25 bits per heavy atom. The quantitative estimate of drug-likeness (QED) is 0.593. The van der Waals surface area contributed by atoms with Gasteiger partial charge in [-0.05, 0) is 13.0 Å². The first kappa shape index (κ1) is 13.4. The molecule has 1 amide bonds. The molecule has 0 saturated carbocycles. The van der Waals surface area contributed by atoms with Crippen LogP contribution in [0.5, 0.6) is 0 Å². The molecule has 2 unspecified atom stereocenters. The molecular formula is C11H22N2O3. The standard InChI is InChI=1S/C11H22N2O3/c1-3-4-12-10-8-16-7-9(10)11(14)13-5-6-15-2/h9-10,12H,3-8H2,1-2H3,(H,13,14). The van der Waals surface area contributed by atoms with Crippen LogP contribution >= 0.6 is 0 Å². The summed E-state index contributed by atoms with van der Waals surface area (Å²) in [7, 11) is 1.62. The Kier molecular flexibility index (Phi) is 6.37. The van der Waals surface area contributed by atoms with E-state index >= 15 is 0 Å². The summed E-state index contributed by atoms with van der Waals surface area (Å²) in [6, 6.07) is 0.155. The third-order valence-electron chi connectivity index (χ3n) is 2.68. The zero-order valence-corrected chi connectivity index (χ0v) is 10.1. The Balaban J connectivity index is 2.29. The van der Waals surface area contributed by atoms with Crippen molar-refractivity contribution in [3.05, 3.63) is 0 Å². The van der Waals surface area contributed by atoms with Crippen molar-refractivity contribution in [3.8, 4) is 0 Å². The van der Waals surface area contributed by atoms with Crippen LogP contribution in [-0.2, 0) is 14.3 Å². The molecule has 16 heavy (non-hydrogen) atoms. The van der Waals surface area contributed by atoms with E-state index in [4.69, 9.17) is 9.47 Å². The summed E-state index contributed by atoms with van der Waals surface area (Å²) in [6.07, 6.45) is 1.06. The molecule has 1 aliphatic rings. The van der Waals surface area contributed by atoms with Crippen LogP contribution in [0.15, 0.2) is 0 Å². The molecule has 0 aromatic rings. The topological polar surface area (TPSA) is 59.6 Å². The number of hydrogen-bond donors (Lipinski definition) is 2. The molecule has 0 spiro atoms. The van der Waals surface area contributed by atoms with Crippen molar-refractivity contribution < 1.29 is 14.3 Å². The Hall–Kier alpha value is -0.650. The largest absolute Gasteiger partial charge is 0.383 e. The molecular weight excluding hydrogens is 208 g/mol. The van der Waals surface area contributed by atoms with Gasteiger partial charge in [0.2, 0.25) is 5.91 Å². The zero-order valence-electron chi connectivity index (χ0n) is 10.1. The van der Waals surface area contributed by atoms with Gasteiger partial charge in [-0.3, -0.25) is 4.79 Å². The van der Waals surface area contributed by atoms with Gasteiger partial charge in [-0.25, -0.2) is 0 Å². The monoisotopic (exact) mass is 230 g/mol. The normalized spacial score (nSPS) is 24.6. The van der Waals surface area contributed by atoms with E-state index in [0.717, 1.165) is 13.0 Å². The van der Waals surface area contributed by atoms with Crippen molar-refractivity contribution >= 4 is 5.91 Å². The second-order valence-electron chi connectivity index (χ2n) is 3.99. The van der Waals surface area contributed by atoms with Gasteiger partial charge in [0.1, 0.15) is 0 Å². The van der Waals surface area contributed by atoms with E-state index in [0.29, 0.717) is 26.4 Å². The van der Waals surface area contributed by atoms with E-state index in [2.05, 4.69) is 17.6 Å². The van der Waals surface area contributed by atoms with E-state index in [-0.39, 0.29) is 17.9 Å².